The number of carbonyl (C=O) groups excluding carboxylic acids is 1. The largest absolute Gasteiger partial charge is 0.504 e. The van der Waals surface area contributed by atoms with Gasteiger partial charge in [0, 0.05) is 0 Å². The molecule has 2 rings (SSSR count). The molecule has 0 spiro atoms. The van der Waals surface area contributed by atoms with E-state index >= 15 is 0 Å². The van der Waals surface area contributed by atoms with E-state index in [4.69, 9.17) is 0 Å². The first kappa shape index (κ1) is 16.9. The molecule has 0 saturated heterocycles. The topological polar surface area (TPSA) is 37.3 Å². The molecule has 1 aromatic rings. The third-order valence-corrected chi connectivity index (χ3v) is 4.87. The van der Waals surface area contributed by atoms with Crippen LogP contribution in [-0.2, 0) is 0 Å². The Morgan fingerprint density at radius 2 is 1.86 bits per heavy atom. The second-order valence-electron chi connectivity index (χ2n) is 6.36. The normalized spacial score (nSPS) is 21.8. The van der Waals surface area contributed by atoms with Gasteiger partial charge in [-0.1, -0.05) is 32.6 Å². The molecule has 0 unspecified atom stereocenters. The molecule has 1 aliphatic carbocycles. The summed E-state index contributed by atoms with van der Waals surface area (Å²) in [5.74, 6) is -2.57. The van der Waals surface area contributed by atoms with E-state index in [0.717, 1.165) is 25.7 Å². The minimum absolute atomic E-state index is 0.0591. The van der Waals surface area contributed by atoms with Crippen molar-refractivity contribution in [1.29, 1.82) is 0 Å². The summed E-state index contributed by atoms with van der Waals surface area (Å²) < 4.78 is 27.8. The van der Waals surface area contributed by atoms with Gasteiger partial charge < -0.3 is 5.11 Å². The highest BCUT2D eigenvalue weighted by molar-refractivity contribution is 5.79. The van der Waals surface area contributed by atoms with E-state index in [9.17, 15) is 18.7 Å². The van der Waals surface area contributed by atoms with Crippen LogP contribution in [0.25, 0.3) is 0 Å². The molecule has 122 valence electrons. The minimum atomic E-state index is -1.30. The van der Waals surface area contributed by atoms with E-state index in [1.807, 2.05) is 0 Å². The third kappa shape index (κ3) is 3.65. The van der Waals surface area contributed by atoms with Crippen LogP contribution >= 0.6 is 0 Å². The lowest BCUT2D eigenvalue weighted by molar-refractivity contribution is 0.111. The fourth-order valence-corrected chi connectivity index (χ4v) is 3.49. The summed E-state index contributed by atoms with van der Waals surface area (Å²) in [5, 5.41) is 9.42. The Morgan fingerprint density at radius 1 is 1.18 bits per heavy atom. The summed E-state index contributed by atoms with van der Waals surface area (Å²) in [7, 11) is 0. The molecule has 0 radical (unpaired) electrons. The van der Waals surface area contributed by atoms with Crippen molar-refractivity contribution in [3.63, 3.8) is 0 Å². The summed E-state index contributed by atoms with van der Waals surface area (Å²) in [6, 6.07) is 1.31. The highest BCUT2D eigenvalue weighted by Gasteiger charge is 2.27. The molecule has 0 heterocycles. The van der Waals surface area contributed by atoms with Crippen molar-refractivity contribution in [2.45, 2.75) is 64.2 Å². The lowest BCUT2D eigenvalue weighted by atomic mass is 9.76. The van der Waals surface area contributed by atoms with Crippen LogP contribution in [0.5, 0.6) is 5.75 Å². The average Bonchev–Trinajstić information content (AvgIpc) is 2.54. The van der Waals surface area contributed by atoms with Crippen LogP contribution in [0.15, 0.2) is 6.07 Å². The number of phenols is 1. The van der Waals surface area contributed by atoms with Gasteiger partial charge in [0.15, 0.2) is 17.9 Å². The number of aromatic hydroxyl groups is 1. The average molecular weight is 310 g/mol. The molecule has 0 aromatic heterocycles. The molecule has 0 atom stereocenters. The highest BCUT2D eigenvalue weighted by atomic mass is 19.2. The van der Waals surface area contributed by atoms with Crippen molar-refractivity contribution in [2.75, 3.05) is 0 Å². The van der Waals surface area contributed by atoms with Gasteiger partial charge in [-0.2, -0.15) is 4.39 Å². The molecule has 2 nitrogen and oxygen atoms in total. The first-order valence-corrected chi connectivity index (χ1v) is 8.24. The SMILES string of the molecule is CCCCCC1CCC(c2cc(C=O)c(O)c(F)c2F)CC1. The van der Waals surface area contributed by atoms with Crippen molar-refractivity contribution in [1.82, 2.24) is 0 Å². The molecular weight excluding hydrogens is 286 g/mol. The van der Waals surface area contributed by atoms with Crippen LogP contribution in [0.1, 0.15) is 80.1 Å². The molecule has 22 heavy (non-hydrogen) atoms. The summed E-state index contributed by atoms with van der Waals surface area (Å²) >= 11 is 0. The number of phenolic OH excluding ortho intramolecular Hbond substituents is 1. The van der Waals surface area contributed by atoms with E-state index in [1.54, 1.807) is 0 Å². The maximum atomic E-state index is 14.1. The maximum absolute atomic E-state index is 14.1. The third-order valence-electron chi connectivity index (χ3n) is 4.87. The van der Waals surface area contributed by atoms with Crippen LogP contribution in [-0.4, -0.2) is 11.4 Å². The van der Waals surface area contributed by atoms with Crippen molar-refractivity contribution < 1.29 is 18.7 Å². The lowest BCUT2D eigenvalue weighted by Crippen LogP contribution is -2.15. The number of carbonyl (C=O) groups is 1. The number of unbranched alkanes of at least 4 members (excludes halogenated alkanes) is 2. The van der Waals surface area contributed by atoms with Crippen LogP contribution in [0.2, 0.25) is 0 Å². The van der Waals surface area contributed by atoms with E-state index in [1.165, 1.54) is 31.7 Å². The van der Waals surface area contributed by atoms with Crippen LogP contribution in [0, 0.1) is 17.6 Å². The summed E-state index contributed by atoms with van der Waals surface area (Å²) in [5.41, 5.74) is 0.0726. The maximum Gasteiger partial charge on any atom is 0.201 e. The van der Waals surface area contributed by atoms with E-state index < -0.39 is 17.4 Å². The van der Waals surface area contributed by atoms with Gasteiger partial charge in [0.25, 0.3) is 0 Å². The van der Waals surface area contributed by atoms with Crippen molar-refractivity contribution in [2.24, 2.45) is 5.92 Å². The zero-order chi connectivity index (χ0) is 16.1. The molecule has 0 bridgehead atoms. The zero-order valence-electron chi connectivity index (χ0n) is 13.1. The molecule has 1 aliphatic rings. The Labute approximate surface area is 130 Å². The van der Waals surface area contributed by atoms with Gasteiger partial charge in [0.1, 0.15) is 0 Å². The predicted molar refractivity (Wildman–Crippen MR) is 82.3 cm³/mol. The van der Waals surface area contributed by atoms with Gasteiger partial charge >= 0.3 is 0 Å². The van der Waals surface area contributed by atoms with Crippen LogP contribution in [0.4, 0.5) is 8.78 Å². The summed E-state index contributed by atoms with van der Waals surface area (Å²) in [6.45, 7) is 2.18. The number of rotatable bonds is 6. The van der Waals surface area contributed by atoms with Crippen molar-refractivity contribution in [3.05, 3.63) is 28.8 Å². The smallest absolute Gasteiger partial charge is 0.201 e. The van der Waals surface area contributed by atoms with Gasteiger partial charge in [-0.15, -0.1) is 0 Å². The van der Waals surface area contributed by atoms with Crippen LogP contribution in [0.3, 0.4) is 0 Å². The Kier molecular flexibility index (Phi) is 5.92. The standard InChI is InChI=1S/C18H24F2O2/c1-2-3-4-5-12-6-8-13(9-7-12)15-10-14(11-21)18(22)17(20)16(15)19/h10-13,22H,2-9H2,1H3. The summed E-state index contributed by atoms with van der Waals surface area (Å²) in [4.78, 5) is 10.9. The molecule has 1 N–H and O–H groups in total. The number of hydrogen-bond acceptors (Lipinski definition) is 2. The molecule has 1 aromatic carbocycles. The van der Waals surface area contributed by atoms with Gasteiger partial charge in [0.05, 0.1) is 5.56 Å². The van der Waals surface area contributed by atoms with E-state index in [2.05, 4.69) is 6.92 Å². The fourth-order valence-electron chi connectivity index (χ4n) is 3.49. The Bertz CT molecular complexity index is 520. The number of benzene rings is 1. The van der Waals surface area contributed by atoms with Crippen LogP contribution < -0.4 is 0 Å². The number of hydrogen-bond donors (Lipinski definition) is 1. The van der Waals surface area contributed by atoms with Crippen molar-refractivity contribution in [3.8, 4) is 5.75 Å². The molecule has 0 amide bonds. The lowest BCUT2D eigenvalue weighted by Gasteiger charge is -2.29. The Balaban J connectivity index is 2.05. The molecule has 1 saturated carbocycles. The molecule has 4 heteroatoms. The molecule has 1 fully saturated rings. The first-order chi connectivity index (χ1) is 10.6. The zero-order valence-corrected chi connectivity index (χ0v) is 13.1. The second-order valence-corrected chi connectivity index (χ2v) is 6.36. The van der Waals surface area contributed by atoms with E-state index in [0.29, 0.717) is 12.2 Å². The van der Waals surface area contributed by atoms with Gasteiger partial charge in [-0.05, 0) is 49.1 Å². The van der Waals surface area contributed by atoms with Gasteiger partial charge in [-0.25, -0.2) is 4.39 Å². The first-order valence-electron chi connectivity index (χ1n) is 8.24. The monoisotopic (exact) mass is 310 g/mol. The Hall–Kier alpha value is -1.45. The molecule has 0 aliphatic heterocycles. The number of halogens is 2. The number of aldehydes is 1. The second kappa shape index (κ2) is 7.70. The van der Waals surface area contributed by atoms with Gasteiger partial charge in [-0.3, -0.25) is 4.79 Å². The van der Waals surface area contributed by atoms with Gasteiger partial charge in [0.2, 0.25) is 5.82 Å². The van der Waals surface area contributed by atoms with E-state index in [-0.39, 0.29) is 17.0 Å². The Morgan fingerprint density at radius 3 is 2.45 bits per heavy atom. The fraction of sp³-hybridized carbons (Fsp3) is 0.611. The summed E-state index contributed by atoms with van der Waals surface area (Å²) in [6.07, 6.45) is 8.96. The highest BCUT2D eigenvalue weighted by Crippen LogP contribution is 2.40. The van der Waals surface area contributed by atoms with Crippen molar-refractivity contribution >= 4 is 6.29 Å². The quantitative estimate of drug-likeness (QED) is 0.569. The molecular formula is C18H24F2O2. The predicted octanol–water partition coefficient (Wildman–Crippen LogP) is 5.34. The minimum Gasteiger partial charge on any atom is -0.504 e.